The van der Waals surface area contributed by atoms with Crippen molar-refractivity contribution >= 4 is 17.4 Å². The summed E-state index contributed by atoms with van der Waals surface area (Å²) in [5.74, 6) is 0.492. The second kappa shape index (κ2) is 9.59. The molecule has 5 heteroatoms. The molecule has 0 aliphatic rings. The fourth-order valence-electron chi connectivity index (χ4n) is 2.33. The second-order valence-corrected chi connectivity index (χ2v) is 5.68. The highest BCUT2D eigenvalue weighted by Gasteiger charge is 2.09. The molecule has 0 aromatic heterocycles. The van der Waals surface area contributed by atoms with Gasteiger partial charge in [-0.2, -0.15) is 0 Å². The van der Waals surface area contributed by atoms with Crippen molar-refractivity contribution in [3.05, 3.63) is 59.7 Å². The molecule has 0 atom stereocenters. The van der Waals surface area contributed by atoms with Crippen molar-refractivity contribution in [2.24, 2.45) is 5.73 Å². The van der Waals surface area contributed by atoms with Crippen molar-refractivity contribution in [1.29, 1.82) is 0 Å². The number of rotatable bonds is 9. The van der Waals surface area contributed by atoms with Gasteiger partial charge in [0.05, 0.1) is 0 Å². The van der Waals surface area contributed by atoms with Crippen LogP contribution in [0.2, 0.25) is 0 Å². The third kappa shape index (κ3) is 6.04. The molecule has 0 saturated heterocycles. The Balaban J connectivity index is 1.80. The lowest BCUT2D eigenvalue weighted by molar-refractivity contribution is -0.116. The number of carbonyl (C=O) groups excluding carboxylic acids is 2. The first-order chi connectivity index (χ1) is 12.1. The average Bonchev–Trinajstić information content (AvgIpc) is 2.65. The number of amides is 1. The number of carbonyl (C=O) groups is 2. The first-order valence-electron chi connectivity index (χ1n) is 8.47. The number of hydrogen-bond donors (Lipinski definition) is 2. The Morgan fingerprint density at radius 1 is 1.00 bits per heavy atom. The van der Waals surface area contributed by atoms with E-state index < -0.39 is 0 Å². The molecule has 0 saturated carbocycles. The molecule has 0 unspecified atom stereocenters. The van der Waals surface area contributed by atoms with Crippen molar-refractivity contribution < 1.29 is 14.3 Å². The molecule has 0 bridgehead atoms. The summed E-state index contributed by atoms with van der Waals surface area (Å²) in [5, 5.41) is 2.78. The third-order valence-electron chi connectivity index (χ3n) is 3.79. The van der Waals surface area contributed by atoms with Gasteiger partial charge in [0.15, 0.2) is 5.78 Å². The van der Waals surface area contributed by atoms with Crippen LogP contribution in [0.15, 0.2) is 48.5 Å². The number of ketones is 1. The molecule has 0 radical (unpaired) electrons. The average molecular weight is 340 g/mol. The van der Waals surface area contributed by atoms with E-state index in [9.17, 15) is 9.59 Å². The highest BCUT2D eigenvalue weighted by molar-refractivity contribution is 6.00. The van der Waals surface area contributed by atoms with Gasteiger partial charge in [0.1, 0.15) is 12.4 Å². The van der Waals surface area contributed by atoms with E-state index in [-0.39, 0.29) is 24.5 Å². The standard InChI is InChI=1S/C20H24N2O3/c1-2-15-3-5-16(6-4-15)19(23)11-12-20(24)22-17-7-9-18(10-8-17)25-14-13-21/h3-10H,2,11-14,21H2,1H3,(H,22,24). The van der Waals surface area contributed by atoms with E-state index in [4.69, 9.17) is 10.5 Å². The van der Waals surface area contributed by atoms with Gasteiger partial charge in [-0.15, -0.1) is 0 Å². The van der Waals surface area contributed by atoms with Gasteiger partial charge >= 0.3 is 0 Å². The molecule has 2 aromatic carbocycles. The van der Waals surface area contributed by atoms with Crippen LogP contribution in [-0.2, 0) is 11.2 Å². The Bertz CT molecular complexity index is 694. The van der Waals surface area contributed by atoms with Gasteiger partial charge in [0, 0.05) is 30.6 Å². The number of ether oxygens (including phenoxy) is 1. The van der Waals surface area contributed by atoms with Gasteiger partial charge in [-0.1, -0.05) is 31.2 Å². The molecule has 5 nitrogen and oxygen atoms in total. The molecule has 0 aliphatic carbocycles. The minimum absolute atomic E-state index is 0.0247. The lowest BCUT2D eigenvalue weighted by Gasteiger charge is -2.08. The highest BCUT2D eigenvalue weighted by atomic mass is 16.5. The van der Waals surface area contributed by atoms with Crippen molar-refractivity contribution in [1.82, 2.24) is 0 Å². The third-order valence-corrected chi connectivity index (χ3v) is 3.79. The molecule has 0 aliphatic heterocycles. The van der Waals surface area contributed by atoms with Crippen LogP contribution in [0.5, 0.6) is 5.75 Å². The summed E-state index contributed by atoms with van der Waals surface area (Å²) in [4.78, 5) is 24.1. The van der Waals surface area contributed by atoms with Crippen LogP contribution < -0.4 is 15.8 Å². The maximum absolute atomic E-state index is 12.1. The summed E-state index contributed by atoms with van der Waals surface area (Å²) in [6, 6.07) is 14.6. The van der Waals surface area contributed by atoms with Gasteiger partial charge in [0.25, 0.3) is 0 Å². The molecule has 0 heterocycles. The smallest absolute Gasteiger partial charge is 0.224 e. The Morgan fingerprint density at radius 2 is 1.68 bits per heavy atom. The van der Waals surface area contributed by atoms with Crippen LogP contribution in [0.1, 0.15) is 35.7 Å². The van der Waals surface area contributed by atoms with Crippen LogP contribution in [0, 0.1) is 0 Å². The highest BCUT2D eigenvalue weighted by Crippen LogP contribution is 2.16. The summed E-state index contributed by atoms with van der Waals surface area (Å²) in [5.41, 5.74) is 7.88. The van der Waals surface area contributed by atoms with Crippen molar-refractivity contribution in [2.45, 2.75) is 26.2 Å². The van der Waals surface area contributed by atoms with Gasteiger partial charge < -0.3 is 15.8 Å². The Hall–Kier alpha value is -2.66. The zero-order valence-corrected chi connectivity index (χ0v) is 14.5. The van der Waals surface area contributed by atoms with E-state index >= 15 is 0 Å². The SMILES string of the molecule is CCc1ccc(C(=O)CCC(=O)Nc2ccc(OCCN)cc2)cc1. The summed E-state index contributed by atoms with van der Waals surface area (Å²) in [6.07, 6.45) is 1.28. The zero-order chi connectivity index (χ0) is 18.1. The minimum Gasteiger partial charge on any atom is -0.492 e. The van der Waals surface area contributed by atoms with Gasteiger partial charge in [-0.25, -0.2) is 0 Å². The fourth-order valence-corrected chi connectivity index (χ4v) is 2.33. The number of nitrogens with one attached hydrogen (secondary N) is 1. The van der Waals surface area contributed by atoms with E-state index in [1.54, 1.807) is 24.3 Å². The normalized spacial score (nSPS) is 10.3. The molecule has 25 heavy (non-hydrogen) atoms. The molecule has 132 valence electrons. The van der Waals surface area contributed by atoms with Gasteiger partial charge in [-0.3, -0.25) is 9.59 Å². The largest absolute Gasteiger partial charge is 0.492 e. The summed E-state index contributed by atoms with van der Waals surface area (Å²) < 4.78 is 5.38. The quantitative estimate of drug-likeness (QED) is 0.687. The van der Waals surface area contributed by atoms with Crippen LogP contribution in [-0.4, -0.2) is 24.8 Å². The molecular weight excluding hydrogens is 316 g/mol. The van der Waals surface area contributed by atoms with Gasteiger partial charge in [0.2, 0.25) is 5.91 Å². The number of Topliss-reactive ketones (excluding diaryl/α,β-unsaturated/α-hetero) is 1. The predicted molar refractivity (Wildman–Crippen MR) is 99.0 cm³/mol. The van der Waals surface area contributed by atoms with E-state index in [2.05, 4.69) is 12.2 Å². The van der Waals surface area contributed by atoms with E-state index in [0.717, 1.165) is 6.42 Å². The van der Waals surface area contributed by atoms with Crippen LogP contribution in [0.4, 0.5) is 5.69 Å². The number of hydrogen-bond acceptors (Lipinski definition) is 4. The maximum atomic E-state index is 12.1. The molecule has 1 amide bonds. The molecule has 0 spiro atoms. The van der Waals surface area contributed by atoms with Crippen LogP contribution >= 0.6 is 0 Å². The first kappa shape index (κ1) is 18.7. The van der Waals surface area contributed by atoms with Crippen molar-refractivity contribution in [3.8, 4) is 5.75 Å². The summed E-state index contributed by atoms with van der Waals surface area (Å²) >= 11 is 0. The minimum atomic E-state index is -0.186. The Labute approximate surface area is 148 Å². The van der Waals surface area contributed by atoms with E-state index in [0.29, 0.717) is 30.2 Å². The molecular formula is C20H24N2O3. The lowest BCUT2D eigenvalue weighted by atomic mass is 10.0. The monoisotopic (exact) mass is 340 g/mol. The van der Waals surface area contributed by atoms with Crippen molar-refractivity contribution in [2.75, 3.05) is 18.5 Å². The Kier molecular flexibility index (Phi) is 7.16. The van der Waals surface area contributed by atoms with E-state index in [1.165, 1.54) is 5.56 Å². The second-order valence-electron chi connectivity index (χ2n) is 5.68. The topological polar surface area (TPSA) is 81.4 Å². The zero-order valence-electron chi connectivity index (χ0n) is 14.5. The van der Waals surface area contributed by atoms with Crippen LogP contribution in [0.25, 0.3) is 0 Å². The van der Waals surface area contributed by atoms with Crippen LogP contribution in [0.3, 0.4) is 0 Å². The fraction of sp³-hybridized carbons (Fsp3) is 0.300. The number of nitrogens with two attached hydrogens (primary N) is 1. The molecule has 3 N–H and O–H groups in total. The summed E-state index contributed by atoms with van der Waals surface area (Å²) in [7, 11) is 0. The van der Waals surface area contributed by atoms with E-state index in [1.807, 2.05) is 24.3 Å². The van der Waals surface area contributed by atoms with Gasteiger partial charge in [-0.05, 0) is 36.2 Å². The number of anilines is 1. The lowest BCUT2D eigenvalue weighted by Crippen LogP contribution is -2.13. The molecule has 0 fully saturated rings. The maximum Gasteiger partial charge on any atom is 0.224 e. The molecule has 2 rings (SSSR count). The van der Waals surface area contributed by atoms with Crippen molar-refractivity contribution in [3.63, 3.8) is 0 Å². The molecule has 2 aromatic rings. The summed E-state index contributed by atoms with van der Waals surface area (Å²) in [6.45, 7) is 2.97. The first-order valence-corrected chi connectivity index (χ1v) is 8.47. The Morgan fingerprint density at radius 3 is 2.28 bits per heavy atom. The predicted octanol–water partition coefficient (Wildman–Crippen LogP) is 3.19. The number of benzene rings is 2. The number of aryl methyl sites for hydroxylation is 1.